The standard InChI is InChI=1S/C33H30F3N5O4/c1-2-22-24(35)5-4-18-12-21(42)13-23(25(18)22)28-27(36)29-26-30(41-9-11-43-10-6-20(41)16-44-31(26)37-28)39-32(38-29)45-17-33-7-3-8-40(33)15-19(34)14-33/h1,4-5,12-13,19-20,42H,3,6-11,14-17H2/t19-,20-,33+/m1/s1. The van der Waals surface area contributed by atoms with Crippen LogP contribution in [0.5, 0.6) is 17.6 Å². The van der Waals surface area contributed by atoms with E-state index in [-0.39, 0.29) is 70.0 Å². The Morgan fingerprint density at radius 3 is 2.89 bits per heavy atom. The Kier molecular flexibility index (Phi) is 6.65. The van der Waals surface area contributed by atoms with Gasteiger partial charge in [0.2, 0.25) is 5.88 Å². The van der Waals surface area contributed by atoms with Gasteiger partial charge >= 0.3 is 6.01 Å². The van der Waals surface area contributed by atoms with Crippen LogP contribution in [0.3, 0.4) is 0 Å². The van der Waals surface area contributed by atoms with Crippen molar-refractivity contribution in [2.24, 2.45) is 0 Å². The summed E-state index contributed by atoms with van der Waals surface area (Å²) < 4.78 is 64.4. The molecule has 2 aromatic carbocycles. The van der Waals surface area contributed by atoms with E-state index in [1.807, 2.05) is 4.90 Å². The van der Waals surface area contributed by atoms with Crippen LogP contribution in [0.4, 0.5) is 19.0 Å². The highest BCUT2D eigenvalue weighted by Gasteiger charge is 2.49. The van der Waals surface area contributed by atoms with Crippen LogP contribution in [0.2, 0.25) is 0 Å². The number of ether oxygens (including phenoxy) is 3. The molecule has 2 aromatic heterocycles. The zero-order valence-electron chi connectivity index (χ0n) is 24.4. The predicted octanol–water partition coefficient (Wildman–Crippen LogP) is 4.75. The Bertz CT molecular complexity index is 1900. The number of rotatable bonds is 4. The van der Waals surface area contributed by atoms with E-state index in [1.54, 1.807) is 0 Å². The largest absolute Gasteiger partial charge is 0.508 e. The van der Waals surface area contributed by atoms with Crippen LogP contribution < -0.4 is 14.4 Å². The smallest absolute Gasteiger partial charge is 0.319 e. The Balaban J connectivity index is 1.33. The maximum absolute atomic E-state index is 16.9. The summed E-state index contributed by atoms with van der Waals surface area (Å²) in [6.45, 7) is 2.99. The lowest BCUT2D eigenvalue weighted by atomic mass is 9.95. The summed E-state index contributed by atoms with van der Waals surface area (Å²) in [6.07, 6.45) is 7.49. The maximum Gasteiger partial charge on any atom is 0.319 e. The Hall–Kier alpha value is -4.34. The number of anilines is 1. The van der Waals surface area contributed by atoms with Crippen LogP contribution in [0, 0.1) is 24.0 Å². The van der Waals surface area contributed by atoms with Crippen molar-refractivity contribution in [3.8, 4) is 41.2 Å². The lowest BCUT2D eigenvalue weighted by molar-refractivity contribution is 0.107. The normalized spacial score (nSPS) is 24.5. The van der Waals surface area contributed by atoms with Crippen molar-refractivity contribution in [2.45, 2.75) is 43.4 Å². The number of aromatic hydroxyl groups is 1. The first-order valence-corrected chi connectivity index (χ1v) is 15.2. The SMILES string of the molecule is C#Cc1c(F)ccc2cc(O)cc(-c3nc4c5c(nc(OC[C@@]67CCCN6C[C@H](F)C7)nc5c3F)N3CCOCC[C@@H]3CO4)c12. The molecule has 6 heterocycles. The molecule has 45 heavy (non-hydrogen) atoms. The van der Waals surface area contributed by atoms with Crippen molar-refractivity contribution >= 4 is 27.5 Å². The van der Waals surface area contributed by atoms with Crippen LogP contribution >= 0.6 is 0 Å². The molecule has 232 valence electrons. The summed E-state index contributed by atoms with van der Waals surface area (Å²) in [5.74, 6) is 1.20. The number of alkyl halides is 1. The van der Waals surface area contributed by atoms with Crippen LogP contribution in [0.25, 0.3) is 32.9 Å². The third-order valence-corrected chi connectivity index (χ3v) is 9.59. The van der Waals surface area contributed by atoms with E-state index >= 15 is 4.39 Å². The third kappa shape index (κ3) is 4.51. The number of fused-ring (bicyclic) bond motifs is 4. The lowest BCUT2D eigenvalue weighted by Crippen LogP contribution is -2.43. The highest BCUT2D eigenvalue weighted by atomic mass is 19.1. The molecule has 0 spiro atoms. The van der Waals surface area contributed by atoms with Gasteiger partial charge in [0.25, 0.3) is 0 Å². The van der Waals surface area contributed by atoms with Crippen molar-refractivity contribution in [1.29, 1.82) is 0 Å². The molecule has 0 radical (unpaired) electrons. The van der Waals surface area contributed by atoms with Gasteiger partial charge in [0.1, 0.15) is 53.4 Å². The molecule has 0 saturated carbocycles. The molecule has 3 saturated heterocycles. The van der Waals surface area contributed by atoms with Gasteiger partial charge in [0.15, 0.2) is 5.82 Å². The van der Waals surface area contributed by atoms with Crippen molar-refractivity contribution in [2.75, 3.05) is 51.0 Å². The predicted molar refractivity (Wildman–Crippen MR) is 160 cm³/mol. The second-order valence-corrected chi connectivity index (χ2v) is 12.2. The number of hydrogen-bond acceptors (Lipinski definition) is 9. The molecule has 4 aliphatic rings. The number of halogens is 3. The van der Waals surface area contributed by atoms with E-state index in [2.05, 4.69) is 20.8 Å². The van der Waals surface area contributed by atoms with Gasteiger partial charge in [-0.25, -0.2) is 18.2 Å². The number of pyridine rings is 1. The van der Waals surface area contributed by atoms with E-state index in [4.69, 9.17) is 25.6 Å². The summed E-state index contributed by atoms with van der Waals surface area (Å²) in [5, 5.41) is 11.5. The quantitative estimate of drug-likeness (QED) is 0.326. The van der Waals surface area contributed by atoms with E-state index < -0.39 is 23.3 Å². The first-order valence-electron chi connectivity index (χ1n) is 15.2. The Morgan fingerprint density at radius 1 is 1.13 bits per heavy atom. The highest BCUT2D eigenvalue weighted by molar-refractivity contribution is 6.04. The first-order chi connectivity index (χ1) is 21.8. The zero-order valence-corrected chi connectivity index (χ0v) is 24.4. The molecule has 0 bridgehead atoms. The summed E-state index contributed by atoms with van der Waals surface area (Å²) >= 11 is 0. The minimum Gasteiger partial charge on any atom is -0.508 e. The van der Waals surface area contributed by atoms with Gasteiger partial charge in [-0.1, -0.05) is 12.0 Å². The number of hydrogen-bond donors (Lipinski definition) is 1. The number of benzene rings is 2. The van der Waals surface area contributed by atoms with Gasteiger partial charge in [-0.3, -0.25) is 4.90 Å². The van der Waals surface area contributed by atoms with E-state index in [1.165, 1.54) is 24.3 Å². The van der Waals surface area contributed by atoms with Gasteiger partial charge in [0, 0.05) is 37.1 Å². The second-order valence-electron chi connectivity index (χ2n) is 12.2. The van der Waals surface area contributed by atoms with Gasteiger partial charge < -0.3 is 24.2 Å². The van der Waals surface area contributed by atoms with Crippen LogP contribution in [-0.4, -0.2) is 88.8 Å². The van der Waals surface area contributed by atoms with Crippen molar-refractivity contribution in [3.63, 3.8) is 0 Å². The number of nitrogens with zero attached hydrogens (tertiary/aromatic N) is 5. The summed E-state index contributed by atoms with van der Waals surface area (Å²) in [5.41, 5.74) is -0.775. The molecule has 12 heteroatoms. The van der Waals surface area contributed by atoms with Crippen LogP contribution in [-0.2, 0) is 4.74 Å². The minimum absolute atomic E-state index is 0.0510. The number of aromatic nitrogens is 3. The average molecular weight is 618 g/mol. The molecule has 9 nitrogen and oxygen atoms in total. The molecule has 1 N–H and O–H groups in total. The van der Waals surface area contributed by atoms with E-state index in [0.717, 1.165) is 19.4 Å². The fourth-order valence-corrected chi connectivity index (χ4v) is 7.51. The first kappa shape index (κ1) is 28.2. The molecule has 8 rings (SSSR count). The molecule has 0 aliphatic carbocycles. The second kappa shape index (κ2) is 10.6. The van der Waals surface area contributed by atoms with Gasteiger partial charge in [-0.2, -0.15) is 9.97 Å². The molecular formula is C33H30F3N5O4. The van der Waals surface area contributed by atoms with Gasteiger partial charge in [-0.05, 0) is 49.4 Å². The molecule has 3 atom stereocenters. The third-order valence-electron chi connectivity index (χ3n) is 9.59. The van der Waals surface area contributed by atoms with E-state index in [0.29, 0.717) is 50.3 Å². The van der Waals surface area contributed by atoms with Crippen molar-refractivity contribution < 1.29 is 32.5 Å². The van der Waals surface area contributed by atoms with Crippen molar-refractivity contribution in [3.05, 3.63) is 41.5 Å². The zero-order chi connectivity index (χ0) is 30.9. The fourth-order valence-electron chi connectivity index (χ4n) is 7.51. The fraction of sp³-hybridized carbons (Fsp3) is 0.424. The molecule has 0 amide bonds. The average Bonchev–Trinajstić information content (AvgIpc) is 3.38. The van der Waals surface area contributed by atoms with Crippen LogP contribution in [0.1, 0.15) is 31.2 Å². The van der Waals surface area contributed by atoms with Gasteiger partial charge in [-0.15, -0.1) is 6.42 Å². The Morgan fingerprint density at radius 2 is 2.02 bits per heavy atom. The molecule has 3 fully saturated rings. The van der Waals surface area contributed by atoms with Crippen LogP contribution in [0.15, 0.2) is 24.3 Å². The highest BCUT2D eigenvalue weighted by Crippen LogP contribution is 2.44. The minimum atomic E-state index is -0.936. The topological polar surface area (TPSA) is 93.1 Å². The lowest BCUT2D eigenvalue weighted by Gasteiger charge is -2.31. The number of terminal acetylenes is 1. The van der Waals surface area contributed by atoms with E-state index in [9.17, 15) is 13.9 Å². The summed E-state index contributed by atoms with van der Waals surface area (Å²) in [7, 11) is 0. The van der Waals surface area contributed by atoms with Gasteiger partial charge in [0.05, 0.1) is 23.8 Å². The molecule has 4 aliphatic heterocycles. The molecule has 4 aromatic rings. The summed E-state index contributed by atoms with van der Waals surface area (Å²) in [6, 6.07) is 5.20. The summed E-state index contributed by atoms with van der Waals surface area (Å²) in [4.78, 5) is 18.1. The monoisotopic (exact) mass is 617 g/mol. The Labute approximate surface area is 256 Å². The number of phenolic OH excluding ortho intramolecular Hbond substituents is 1. The molecule has 0 unspecified atom stereocenters. The maximum atomic E-state index is 16.9. The molecular weight excluding hydrogens is 587 g/mol. The number of phenols is 1. The van der Waals surface area contributed by atoms with Crippen molar-refractivity contribution in [1.82, 2.24) is 19.9 Å².